The van der Waals surface area contributed by atoms with Crippen LogP contribution in [0.1, 0.15) is 74.7 Å². The fourth-order valence-corrected chi connectivity index (χ4v) is 5.76. The molecular weight excluding hydrogens is 469 g/mol. The van der Waals surface area contributed by atoms with Crippen molar-refractivity contribution in [3.05, 3.63) is 34.7 Å². The molecule has 0 aliphatic heterocycles. The van der Waals surface area contributed by atoms with Crippen LogP contribution in [0.2, 0.25) is 5.02 Å². The van der Waals surface area contributed by atoms with E-state index in [1.807, 2.05) is 0 Å². The fraction of sp³-hybridized carbons (Fsp3) is 0.556. The van der Waals surface area contributed by atoms with Crippen LogP contribution in [-0.2, 0) is 9.59 Å². The van der Waals surface area contributed by atoms with Gasteiger partial charge in [-0.15, -0.1) is 0 Å². The van der Waals surface area contributed by atoms with E-state index in [0.29, 0.717) is 36.1 Å². The molecule has 3 fully saturated rings. The summed E-state index contributed by atoms with van der Waals surface area (Å²) in [4.78, 5) is 41.8. The Bertz CT molecular complexity index is 1220. The molecule has 0 radical (unpaired) electrons. The number of fused-ring (bicyclic) bond motifs is 1. The van der Waals surface area contributed by atoms with Gasteiger partial charge in [0.1, 0.15) is 17.6 Å². The van der Waals surface area contributed by atoms with E-state index < -0.39 is 17.8 Å². The van der Waals surface area contributed by atoms with E-state index in [-0.39, 0.29) is 45.9 Å². The minimum atomic E-state index is -0.753. The molecule has 1 aromatic carbocycles. The molecule has 35 heavy (non-hydrogen) atoms. The van der Waals surface area contributed by atoms with Crippen molar-refractivity contribution in [3.63, 3.8) is 0 Å². The molecule has 2 aromatic rings. The van der Waals surface area contributed by atoms with Gasteiger partial charge in [-0.3, -0.25) is 14.4 Å². The van der Waals surface area contributed by atoms with Gasteiger partial charge in [0.15, 0.2) is 5.78 Å². The molecule has 1 heterocycles. The lowest BCUT2D eigenvalue weighted by molar-refractivity contribution is -0.128. The highest BCUT2D eigenvalue weighted by Gasteiger charge is 2.48. The number of nitriles is 1. The normalized spacial score (nSPS) is 22.5. The molecule has 0 bridgehead atoms. The van der Waals surface area contributed by atoms with E-state index in [1.165, 1.54) is 12.1 Å². The number of aromatic nitrogens is 1. The maximum absolute atomic E-state index is 13.7. The van der Waals surface area contributed by atoms with Crippen molar-refractivity contribution < 1.29 is 18.8 Å². The lowest BCUT2D eigenvalue weighted by Crippen LogP contribution is -2.41. The number of nitrogens with zero attached hydrogens (tertiary/aromatic N) is 1. The highest BCUT2D eigenvalue weighted by Crippen LogP contribution is 2.56. The van der Waals surface area contributed by atoms with Crippen LogP contribution in [-0.4, -0.2) is 28.5 Å². The van der Waals surface area contributed by atoms with Gasteiger partial charge < -0.3 is 10.3 Å². The number of hydrogen-bond donors (Lipinski definition) is 2. The average Bonchev–Trinajstić information content (AvgIpc) is 3.73. The third-order valence-corrected chi connectivity index (χ3v) is 8.34. The first kappa shape index (κ1) is 24.0. The zero-order chi connectivity index (χ0) is 24.7. The molecule has 3 aliphatic carbocycles. The first-order valence-corrected chi connectivity index (χ1v) is 12.9. The van der Waals surface area contributed by atoms with Crippen LogP contribution < -0.4 is 5.32 Å². The van der Waals surface area contributed by atoms with Gasteiger partial charge in [0.25, 0.3) is 0 Å². The maximum atomic E-state index is 13.7. The van der Waals surface area contributed by atoms with Gasteiger partial charge in [-0.1, -0.05) is 24.4 Å². The maximum Gasteiger partial charge on any atom is 0.224 e. The van der Waals surface area contributed by atoms with Crippen LogP contribution in [0.4, 0.5) is 4.39 Å². The number of aromatic amines is 1. The first-order valence-electron chi connectivity index (χ1n) is 12.5. The molecule has 6 nitrogen and oxygen atoms in total. The number of Topliss-reactive ketones (excluding diaryl/α,β-unsaturated/α-hetero) is 2. The Morgan fingerprint density at radius 1 is 1.20 bits per heavy atom. The molecule has 3 saturated carbocycles. The summed E-state index contributed by atoms with van der Waals surface area (Å²) in [6.45, 7) is 0. The van der Waals surface area contributed by atoms with Crippen molar-refractivity contribution in [2.75, 3.05) is 0 Å². The SMILES string of the molecule is N#CC(CC1CCC2(CC2)CC1=O)NC(=O)C(CC(=O)c1cc2cc(F)cc(Cl)c2[nH]1)CC1CC1. The number of carbonyl (C=O) groups is 3. The van der Waals surface area contributed by atoms with E-state index in [0.717, 1.165) is 38.5 Å². The lowest BCUT2D eigenvalue weighted by atomic mass is 9.76. The Morgan fingerprint density at radius 3 is 2.63 bits per heavy atom. The fourth-order valence-electron chi connectivity index (χ4n) is 5.50. The molecule has 2 N–H and O–H groups in total. The van der Waals surface area contributed by atoms with E-state index in [4.69, 9.17) is 11.6 Å². The molecule has 1 spiro atoms. The van der Waals surface area contributed by atoms with Crippen molar-refractivity contribution in [1.82, 2.24) is 10.3 Å². The Hall–Kier alpha value is -2.72. The summed E-state index contributed by atoms with van der Waals surface area (Å²) in [7, 11) is 0. The second kappa shape index (κ2) is 9.39. The molecule has 3 aliphatic rings. The number of halogens is 2. The number of hydrogen-bond acceptors (Lipinski definition) is 4. The topological polar surface area (TPSA) is 103 Å². The van der Waals surface area contributed by atoms with Crippen molar-refractivity contribution >= 4 is 40.0 Å². The minimum absolute atomic E-state index is 0.0156. The third-order valence-electron chi connectivity index (χ3n) is 8.04. The van der Waals surface area contributed by atoms with Crippen LogP contribution >= 0.6 is 11.6 Å². The summed E-state index contributed by atoms with van der Waals surface area (Å²) < 4.78 is 13.7. The van der Waals surface area contributed by atoms with Gasteiger partial charge in [-0.05, 0) is 68.1 Å². The lowest BCUT2D eigenvalue weighted by Gasteiger charge is -2.29. The van der Waals surface area contributed by atoms with Crippen molar-refractivity contribution in [1.29, 1.82) is 5.26 Å². The Morgan fingerprint density at radius 2 is 1.97 bits per heavy atom. The molecular formula is C27H29ClFN3O3. The molecule has 3 atom stereocenters. The Balaban J connectivity index is 1.24. The summed E-state index contributed by atoms with van der Waals surface area (Å²) in [6, 6.07) is 5.44. The number of nitrogens with one attached hydrogen (secondary N) is 2. The second-order valence-corrected chi connectivity index (χ2v) is 11.3. The number of H-pyrrole nitrogens is 1. The van der Waals surface area contributed by atoms with Gasteiger partial charge >= 0.3 is 0 Å². The molecule has 0 saturated heterocycles. The molecule has 5 rings (SSSR count). The summed E-state index contributed by atoms with van der Waals surface area (Å²) in [5, 5.41) is 13.2. The highest BCUT2D eigenvalue weighted by atomic mass is 35.5. The van der Waals surface area contributed by atoms with Crippen molar-refractivity contribution in [2.45, 2.75) is 70.3 Å². The van der Waals surface area contributed by atoms with Gasteiger partial charge in [-0.2, -0.15) is 5.26 Å². The van der Waals surface area contributed by atoms with Crippen LogP contribution in [0.15, 0.2) is 18.2 Å². The van der Waals surface area contributed by atoms with Gasteiger partial charge in [0.2, 0.25) is 5.91 Å². The number of amides is 1. The summed E-state index contributed by atoms with van der Waals surface area (Å²) in [5.41, 5.74) is 0.988. The first-order chi connectivity index (χ1) is 16.7. The van der Waals surface area contributed by atoms with Crippen LogP contribution in [0.25, 0.3) is 10.9 Å². The summed E-state index contributed by atoms with van der Waals surface area (Å²) in [5.74, 6) is -1.21. The number of benzene rings is 1. The quantitative estimate of drug-likeness (QED) is 0.446. The molecule has 1 amide bonds. The molecule has 8 heteroatoms. The predicted molar refractivity (Wildman–Crippen MR) is 129 cm³/mol. The van der Waals surface area contributed by atoms with Gasteiger partial charge in [0.05, 0.1) is 22.3 Å². The van der Waals surface area contributed by atoms with Crippen LogP contribution in [0, 0.1) is 40.3 Å². The van der Waals surface area contributed by atoms with E-state index in [9.17, 15) is 24.0 Å². The standard InChI is InChI=1S/C27H29ClFN3O3/c28-21-12-19(29)8-17-10-22(32-25(17)21)23(33)11-18(7-15-1-2-15)26(35)31-20(14-30)9-16-3-4-27(5-6-27)13-24(16)34/h8,10,12,15-16,18,20,32H,1-7,9,11,13H2,(H,31,35). The van der Waals surface area contributed by atoms with E-state index in [2.05, 4.69) is 16.4 Å². The number of ketones is 2. The third kappa shape index (κ3) is 5.43. The van der Waals surface area contributed by atoms with Gasteiger partial charge in [0, 0.05) is 30.1 Å². The Kier molecular flexibility index (Phi) is 6.43. The monoisotopic (exact) mass is 497 g/mol. The summed E-state index contributed by atoms with van der Waals surface area (Å²) in [6.07, 6.45) is 7.59. The Labute approximate surface area is 208 Å². The number of rotatable bonds is 9. The molecule has 1 aromatic heterocycles. The largest absolute Gasteiger partial charge is 0.351 e. The minimum Gasteiger partial charge on any atom is -0.351 e. The predicted octanol–water partition coefficient (Wildman–Crippen LogP) is 5.50. The smallest absolute Gasteiger partial charge is 0.224 e. The second-order valence-electron chi connectivity index (χ2n) is 10.8. The molecule has 3 unspecified atom stereocenters. The van der Waals surface area contributed by atoms with Gasteiger partial charge in [-0.25, -0.2) is 4.39 Å². The van der Waals surface area contributed by atoms with Crippen LogP contribution in [0.5, 0.6) is 0 Å². The van der Waals surface area contributed by atoms with E-state index in [1.54, 1.807) is 6.07 Å². The zero-order valence-corrected chi connectivity index (χ0v) is 20.3. The number of carbonyl (C=O) groups excluding carboxylic acids is 3. The van der Waals surface area contributed by atoms with Crippen LogP contribution in [0.3, 0.4) is 0 Å². The highest BCUT2D eigenvalue weighted by molar-refractivity contribution is 6.35. The summed E-state index contributed by atoms with van der Waals surface area (Å²) >= 11 is 6.09. The zero-order valence-electron chi connectivity index (χ0n) is 19.5. The molecule has 184 valence electrons. The average molecular weight is 498 g/mol. The van der Waals surface area contributed by atoms with Crippen molar-refractivity contribution in [2.24, 2.45) is 23.2 Å². The van der Waals surface area contributed by atoms with E-state index >= 15 is 0 Å². The van der Waals surface area contributed by atoms with Crippen molar-refractivity contribution in [3.8, 4) is 6.07 Å².